The summed E-state index contributed by atoms with van der Waals surface area (Å²) in [4.78, 5) is 56.0. The van der Waals surface area contributed by atoms with Crippen LogP contribution in [0, 0.1) is 35.5 Å². The Hall–Kier alpha value is -2.96. The molecule has 6 nitrogen and oxygen atoms in total. The summed E-state index contributed by atoms with van der Waals surface area (Å²) in [6.45, 7) is 0. The van der Waals surface area contributed by atoms with Crippen LogP contribution in [0.15, 0.2) is 60.7 Å². The summed E-state index contributed by atoms with van der Waals surface area (Å²) in [5, 5.41) is 0.830. The molecule has 3 aliphatic carbocycles. The molecule has 1 saturated carbocycles. The average molecular weight is 467 g/mol. The van der Waals surface area contributed by atoms with E-state index in [-0.39, 0.29) is 23.6 Å². The van der Waals surface area contributed by atoms with Gasteiger partial charge in [0.05, 0.1) is 35.0 Å². The summed E-state index contributed by atoms with van der Waals surface area (Å²) in [6.07, 6.45) is 3.68. The fraction of sp³-hybridized carbons (Fsp3) is 0.250. The van der Waals surface area contributed by atoms with E-state index in [1.807, 2.05) is 12.2 Å². The Balaban J connectivity index is 1.41. The van der Waals surface area contributed by atoms with Gasteiger partial charge in [0.15, 0.2) is 0 Å². The normalized spacial score (nSPS) is 32.7. The smallest absolute Gasteiger partial charge is 0.238 e. The van der Waals surface area contributed by atoms with Gasteiger partial charge in [0.2, 0.25) is 23.6 Å². The van der Waals surface area contributed by atoms with Gasteiger partial charge in [-0.05, 0) is 36.4 Å². The molecule has 5 aliphatic rings. The Morgan fingerprint density at radius 1 is 0.562 bits per heavy atom. The lowest BCUT2D eigenvalue weighted by Crippen LogP contribution is -2.50. The number of rotatable bonds is 2. The third kappa shape index (κ3) is 2.48. The first-order chi connectivity index (χ1) is 15.4. The highest BCUT2D eigenvalue weighted by atomic mass is 35.5. The van der Waals surface area contributed by atoms with Crippen molar-refractivity contribution in [2.75, 3.05) is 9.80 Å². The Morgan fingerprint density at radius 2 is 0.906 bits per heavy atom. The highest BCUT2D eigenvalue weighted by molar-refractivity contribution is 6.32. The minimum Gasteiger partial charge on any atom is -0.274 e. The van der Waals surface area contributed by atoms with E-state index in [1.165, 1.54) is 9.80 Å². The number of anilines is 2. The SMILES string of the molecule is O=C1[C@@H]2C3C=CC([C@H]4C(=O)N(c5cccc(Cl)c5)C(=O)[C@@H]34)[C@@H]2C(=O)N1c1cccc(Cl)c1. The van der Waals surface area contributed by atoms with Crippen LogP contribution in [0.25, 0.3) is 0 Å². The molecular formula is C24H16Cl2N2O4. The Kier molecular flexibility index (Phi) is 4.17. The fourth-order valence-corrected chi connectivity index (χ4v) is 6.33. The van der Waals surface area contributed by atoms with Crippen molar-refractivity contribution in [1.82, 2.24) is 0 Å². The summed E-state index contributed by atoms with van der Waals surface area (Å²) in [7, 11) is 0. The molecule has 2 unspecified atom stereocenters. The fourth-order valence-electron chi connectivity index (χ4n) is 5.97. The molecule has 8 heteroatoms. The van der Waals surface area contributed by atoms with E-state index < -0.39 is 35.5 Å². The number of amides is 4. The van der Waals surface area contributed by atoms with Crippen LogP contribution < -0.4 is 9.80 Å². The predicted molar refractivity (Wildman–Crippen MR) is 118 cm³/mol. The van der Waals surface area contributed by atoms with Crippen molar-refractivity contribution in [1.29, 1.82) is 0 Å². The van der Waals surface area contributed by atoms with Crippen LogP contribution >= 0.6 is 23.2 Å². The van der Waals surface area contributed by atoms with E-state index in [1.54, 1.807) is 48.5 Å². The van der Waals surface area contributed by atoms with E-state index in [0.717, 1.165) is 0 Å². The molecule has 0 spiro atoms. The van der Waals surface area contributed by atoms with Crippen molar-refractivity contribution in [2.45, 2.75) is 0 Å². The van der Waals surface area contributed by atoms with Crippen LogP contribution in [-0.2, 0) is 19.2 Å². The van der Waals surface area contributed by atoms with Gasteiger partial charge < -0.3 is 0 Å². The lowest BCUT2D eigenvalue weighted by atomic mass is 9.54. The molecule has 3 fully saturated rings. The molecule has 0 radical (unpaired) electrons. The third-order valence-electron chi connectivity index (χ3n) is 7.14. The number of hydrogen-bond acceptors (Lipinski definition) is 4. The zero-order valence-electron chi connectivity index (χ0n) is 16.5. The Morgan fingerprint density at radius 3 is 1.22 bits per heavy atom. The van der Waals surface area contributed by atoms with Crippen molar-refractivity contribution < 1.29 is 19.2 Å². The molecule has 2 aromatic rings. The predicted octanol–water partition coefficient (Wildman–Crippen LogP) is 3.72. The Bertz CT molecular complexity index is 1120. The van der Waals surface area contributed by atoms with E-state index >= 15 is 0 Å². The standard InChI is InChI=1S/C24H16Cl2N2O4/c25-11-3-1-5-13(9-11)27-21(29)17-15-7-8-16(18(17)22(27)30)20-19(15)23(31)28(24(20)32)14-6-2-4-12(26)10-14/h1-10,15-20H/t15?,16?,17-,18+,19+,20-. The number of allylic oxidation sites excluding steroid dienone is 2. The quantitative estimate of drug-likeness (QED) is 0.499. The van der Waals surface area contributed by atoms with Crippen LogP contribution in [0.5, 0.6) is 0 Å². The van der Waals surface area contributed by atoms with Crippen molar-refractivity contribution in [3.8, 4) is 0 Å². The van der Waals surface area contributed by atoms with Gasteiger partial charge >= 0.3 is 0 Å². The van der Waals surface area contributed by atoms with Gasteiger partial charge in [0.1, 0.15) is 0 Å². The summed E-state index contributed by atoms with van der Waals surface area (Å²) >= 11 is 12.2. The van der Waals surface area contributed by atoms with Crippen molar-refractivity contribution in [2.24, 2.45) is 35.5 Å². The molecular weight excluding hydrogens is 451 g/mol. The van der Waals surface area contributed by atoms with Gasteiger partial charge in [-0.2, -0.15) is 0 Å². The molecule has 7 rings (SSSR count). The second-order valence-electron chi connectivity index (χ2n) is 8.63. The number of nitrogens with zero attached hydrogens (tertiary/aromatic N) is 2. The average Bonchev–Trinajstić information content (AvgIpc) is 3.21. The van der Waals surface area contributed by atoms with Crippen LogP contribution in [0.4, 0.5) is 11.4 Å². The van der Waals surface area contributed by atoms with E-state index in [0.29, 0.717) is 21.4 Å². The summed E-state index contributed by atoms with van der Waals surface area (Å²) in [5.74, 6) is -5.11. The van der Waals surface area contributed by atoms with Crippen LogP contribution in [-0.4, -0.2) is 23.6 Å². The monoisotopic (exact) mass is 466 g/mol. The number of carbonyl (C=O) groups is 4. The molecule has 160 valence electrons. The highest BCUT2D eigenvalue weighted by Gasteiger charge is 2.68. The molecule has 2 aromatic carbocycles. The van der Waals surface area contributed by atoms with Gasteiger partial charge in [0.25, 0.3) is 0 Å². The topological polar surface area (TPSA) is 74.8 Å². The highest BCUT2D eigenvalue weighted by Crippen LogP contribution is 2.58. The number of halogens is 2. The molecule has 6 atom stereocenters. The first kappa shape index (κ1) is 19.7. The maximum Gasteiger partial charge on any atom is 0.238 e. The summed E-state index contributed by atoms with van der Waals surface area (Å²) in [5.41, 5.74) is 0.814. The number of carbonyl (C=O) groups excluding carboxylic acids is 4. The largest absolute Gasteiger partial charge is 0.274 e. The van der Waals surface area contributed by atoms with Gasteiger partial charge in [-0.25, -0.2) is 9.80 Å². The Labute approximate surface area is 193 Å². The molecule has 2 saturated heterocycles. The van der Waals surface area contributed by atoms with Crippen LogP contribution in [0.2, 0.25) is 10.0 Å². The molecule has 0 N–H and O–H groups in total. The minimum absolute atomic E-state index is 0.346. The molecule has 2 bridgehead atoms. The lowest BCUT2D eigenvalue weighted by Gasteiger charge is -2.44. The van der Waals surface area contributed by atoms with E-state index in [9.17, 15) is 19.2 Å². The minimum atomic E-state index is -0.672. The van der Waals surface area contributed by atoms with Crippen molar-refractivity contribution in [3.05, 3.63) is 70.7 Å². The first-order valence-electron chi connectivity index (χ1n) is 10.3. The van der Waals surface area contributed by atoms with E-state index in [4.69, 9.17) is 23.2 Å². The summed E-state index contributed by atoms with van der Waals surface area (Å²) in [6, 6.07) is 13.2. The number of hydrogen-bond donors (Lipinski definition) is 0. The van der Waals surface area contributed by atoms with Gasteiger partial charge in [-0.3, -0.25) is 19.2 Å². The molecule has 2 heterocycles. The molecule has 2 aliphatic heterocycles. The zero-order valence-corrected chi connectivity index (χ0v) is 18.0. The maximum atomic E-state index is 13.4. The van der Waals surface area contributed by atoms with Crippen molar-refractivity contribution in [3.63, 3.8) is 0 Å². The molecule has 0 aromatic heterocycles. The summed E-state index contributed by atoms with van der Waals surface area (Å²) < 4.78 is 0. The van der Waals surface area contributed by atoms with Gasteiger partial charge in [-0.1, -0.05) is 47.5 Å². The van der Waals surface area contributed by atoms with Gasteiger partial charge in [-0.15, -0.1) is 0 Å². The third-order valence-corrected chi connectivity index (χ3v) is 7.61. The van der Waals surface area contributed by atoms with Crippen molar-refractivity contribution >= 4 is 58.2 Å². The van der Waals surface area contributed by atoms with Gasteiger partial charge in [0, 0.05) is 21.9 Å². The van der Waals surface area contributed by atoms with Crippen LogP contribution in [0.3, 0.4) is 0 Å². The lowest BCUT2D eigenvalue weighted by molar-refractivity contribution is -0.137. The zero-order chi connectivity index (χ0) is 22.3. The first-order valence-corrected chi connectivity index (χ1v) is 11.1. The number of imide groups is 2. The van der Waals surface area contributed by atoms with E-state index in [2.05, 4.69) is 0 Å². The number of benzene rings is 2. The maximum absolute atomic E-state index is 13.4. The second kappa shape index (κ2) is 6.77. The molecule has 4 amide bonds. The van der Waals surface area contributed by atoms with Crippen LogP contribution in [0.1, 0.15) is 0 Å². The molecule has 32 heavy (non-hydrogen) atoms. The second-order valence-corrected chi connectivity index (χ2v) is 9.50.